The van der Waals surface area contributed by atoms with Gasteiger partial charge < -0.3 is 0 Å². The Morgan fingerprint density at radius 3 is 1.67 bits per heavy atom. The van der Waals surface area contributed by atoms with Crippen molar-refractivity contribution >= 4 is 8.58 Å². The maximum atomic E-state index is 12.2. The van der Waals surface area contributed by atoms with E-state index >= 15 is 0 Å². The molecule has 2 atom stereocenters. The van der Waals surface area contributed by atoms with Gasteiger partial charge in [-0.2, -0.15) is 0 Å². The Bertz CT molecular complexity index is 91.2. The van der Waals surface area contributed by atoms with Crippen LogP contribution in [0.25, 0.3) is 0 Å². The van der Waals surface area contributed by atoms with Gasteiger partial charge in [-0.1, -0.05) is 25.3 Å². The lowest BCUT2D eigenvalue weighted by Crippen LogP contribution is -1.91. The van der Waals surface area contributed by atoms with Gasteiger partial charge in [-0.3, -0.25) is 0 Å². The third-order valence-corrected chi connectivity index (χ3v) is 1.84. The van der Waals surface area contributed by atoms with E-state index in [0.29, 0.717) is 0 Å². The van der Waals surface area contributed by atoms with E-state index < -0.39 is 11.8 Å². The first-order valence-corrected chi connectivity index (χ1v) is 3.65. The van der Waals surface area contributed by atoms with E-state index in [1.807, 2.05) is 0 Å². The third-order valence-electron chi connectivity index (χ3n) is 0.732. The van der Waals surface area contributed by atoms with Crippen molar-refractivity contribution in [3.63, 3.8) is 0 Å². The normalized spacial score (nSPS) is 17.6. The molecule has 0 amide bonds. The van der Waals surface area contributed by atoms with Gasteiger partial charge in [-0.05, 0) is 8.58 Å². The minimum atomic E-state index is -1.22. The highest BCUT2D eigenvalue weighted by Crippen LogP contribution is 2.28. The van der Waals surface area contributed by atoms with Crippen LogP contribution in [-0.2, 0) is 0 Å². The van der Waals surface area contributed by atoms with Gasteiger partial charge in [0.15, 0.2) is 0 Å². The van der Waals surface area contributed by atoms with Gasteiger partial charge in [-0.25, -0.2) is 8.78 Å². The van der Waals surface area contributed by atoms with Crippen LogP contribution in [0.4, 0.5) is 8.78 Å². The number of alkyl halides is 2. The Labute approximate surface area is 55.4 Å². The Hall–Kier alpha value is -0.230. The summed E-state index contributed by atoms with van der Waals surface area (Å²) in [7, 11) is -0.390. The summed E-state index contributed by atoms with van der Waals surface area (Å²) in [5.74, 6) is -2.45. The Morgan fingerprint density at radius 2 is 1.44 bits per heavy atom. The lowest BCUT2D eigenvalue weighted by molar-refractivity contribution is 0.481. The molecule has 0 aromatic rings. The van der Waals surface area contributed by atoms with Crippen LogP contribution >= 0.6 is 8.58 Å². The Kier molecular flexibility index (Phi) is 4.51. The Balaban J connectivity index is 3.45. The summed E-state index contributed by atoms with van der Waals surface area (Å²) in [4.78, 5) is 0. The van der Waals surface area contributed by atoms with E-state index in [0.717, 1.165) is 12.2 Å². The molecule has 3 heteroatoms. The van der Waals surface area contributed by atoms with Gasteiger partial charge >= 0.3 is 0 Å². The number of allylic oxidation sites excluding steroid dienone is 2. The molecule has 0 aliphatic heterocycles. The highest BCUT2D eigenvalue weighted by atomic mass is 31.1. The average molecular weight is 150 g/mol. The second kappa shape index (κ2) is 4.63. The SMILES string of the molecule is C=CC(F)PC(F)C=C. The summed E-state index contributed by atoms with van der Waals surface area (Å²) < 4.78 is 24.4. The summed E-state index contributed by atoms with van der Waals surface area (Å²) in [6.07, 6.45) is 2.18. The van der Waals surface area contributed by atoms with E-state index in [-0.39, 0.29) is 8.58 Å². The van der Waals surface area contributed by atoms with Crippen molar-refractivity contribution in [2.45, 2.75) is 11.8 Å². The first-order chi connectivity index (χ1) is 4.20. The highest BCUT2D eigenvalue weighted by Gasteiger charge is 2.06. The summed E-state index contributed by atoms with van der Waals surface area (Å²) >= 11 is 0. The molecule has 52 valence electrons. The topological polar surface area (TPSA) is 0 Å². The summed E-state index contributed by atoms with van der Waals surface area (Å²) in [6.45, 7) is 6.36. The van der Waals surface area contributed by atoms with E-state index in [2.05, 4.69) is 13.2 Å². The molecule has 0 fully saturated rings. The van der Waals surface area contributed by atoms with Crippen molar-refractivity contribution in [1.82, 2.24) is 0 Å². The molecular weight excluding hydrogens is 141 g/mol. The molecule has 0 aliphatic carbocycles. The van der Waals surface area contributed by atoms with Crippen LogP contribution in [0.15, 0.2) is 25.3 Å². The molecule has 0 rings (SSSR count). The standard InChI is InChI=1S/C6H9F2P/c1-3-5(7)9-6(8)4-2/h3-6,9H,1-2H2. The van der Waals surface area contributed by atoms with Crippen LogP contribution in [0.2, 0.25) is 0 Å². The van der Waals surface area contributed by atoms with Crippen LogP contribution in [-0.4, -0.2) is 11.8 Å². The molecule has 0 heterocycles. The molecule has 0 aliphatic rings. The molecule has 0 saturated carbocycles. The zero-order chi connectivity index (χ0) is 7.28. The van der Waals surface area contributed by atoms with E-state index in [4.69, 9.17) is 0 Å². The smallest absolute Gasteiger partial charge is 0.137 e. The fourth-order valence-corrected chi connectivity index (χ4v) is 0.865. The monoisotopic (exact) mass is 150 g/mol. The summed E-state index contributed by atoms with van der Waals surface area (Å²) in [6, 6.07) is 0. The molecule has 0 aromatic carbocycles. The number of hydrogen-bond acceptors (Lipinski definition) is 0. The molecule has 0 nitrogen and oxygen atoms in total. The third kappa shape index (κ3) is 4.28. The number of rotatable bonds is 4. The maximum Gasteiger partial charge on any atom is 0.137 e. The van der Waals surface area contributed by atoms with Gasteiger partial charge in [0, 0.05) is 0 Å². The molecule has 0 saturated heterocycles. The average Bonchev–Trinajstić information content (AvgIpc) is 1.87. The zero-order valence-electron chi connectivity index (χ0n) is 4.98. The first kappa shape index (κ1) is 8.77. The molecule has 0 bridgehead atoms. The predicted molar refractivity (Wildman–Crippen MR) is 38.5 cm³/mol. The summed E-state index contributed by atoms with van der Waals surface area (Å²) in [5, 5.41) is 0. The van der Waals surface area contributed by atoms with E-state index in [9.17, 15) is 8.78 Å². The van der Waals surface area contributed by atoms with Crippen LogP contribution in [0.5, 0.6) is 0 Å². The van der Waals surface area contributed by atoms with Crippen molar-refractivity contribution in [2.24, 2.45) is 0 Å². The van der Waals surface area contributed by atoms with Gasteiger partial charge in [0.05, 0.1) is 0 Å². The highest BCUT2D eigenvalue weighted by molar-refractivity contribution is 7.39. The van der Waals surface area contributed by atoms with Crippen LogP contribution in [0, 0.1) is 0 Å². The molecule has 0 N–H and O–H groups in total. The number of hydrogen-bond donors (Lipinski definition) is 0. The zero-order valence-corrected chi connectivity index (χ0v) is 5.98. The lowest BCUT2D eigenvalue weighted by Gasteiger charge is -2.02. The van der Waals surface area contributed by atoms with E-state index in [1.54, 1.807) is 0 Å². The summed E-state index contributed by atoms with van der Waals surface area (Å²) in [5.41, 5.74) is 0. The van der Waals surface area contributed by atoms with Crippen molar-refractivity contribution in [1.29, 1.82) is 0 Å². The van der Waals surface area contributed by atoms with Gasteiger partial charge in [0.2, 0.25) is 0 Å². The van der Waals surface area contributed by atoms with Crippen molar-refractivity contribution in [2.75, 3.05) is 0 Å². The van der Waals surface area contributed by atoms with E-state index in [1.165, 1.54) is 0 Å². The van der Waals surface area contributed by atoms with Crippen molar-refractivity contribution in [3.8, 4) is 0 Å². The van der Waals surface area contributed by atoms with Crippen LogP contribution in [0.1, 0.15) is 0 Å². The van der Waals surface area contributed by atoms with Crippen molar-refractivity contribution < 1.29 is 8.78 Å². The predicted octanol–water partition coefficient (Wildman–Crippen LogP) is 2.63. The van der Waals surface area contributed by atoms with Gasteiger partial charge in [0.1, 0.15) is 11.8 Å². The molecule has 0 radical (unpaired) electrons. The number of halogens is 2. The minimum Gasteiger partial charge on any atom is -0.238 e. The Morgan fingerprint density at radius 1 is 1.11 bits per heavy atom. The molecule has 0 aromatic heterocycles. The first-order valence-electron chi connectivity index (χ1n) is 2.50. The molecule has 2 unspecified atom stereocenters. The van der Waals surface area contributed by atoms with Gasteiger partial charge in [-0.15, -0.1) is 0 Å². The molecular formula is C6H9F2P. The van der Waals surface area contributed by atoms with Gasteiger partial charge in [0.25, 0.3) is 0 Å². The van der Waals surface area contributed by atoms with Crippen LogP contribution in [0.3, 0.4) is 0 Å². The van der Waals surface area contributed by atoms with Crippen molar-refractivity contribution in [3.05, 3.63) is 25.3 Å². The lowest BCUT2D eigenvalue weighted by atomic mass is 10.7. The quantitative estimate of drug-likeness (QED) is 0.427. The fourth-order valence-electron chi connectivity index (χ4n) is 0.288. The van der Waals surface area contributed by atoms with Crippen LogP contribution < -0.4 is 0 Å². The largest absolute Gasteiger partial charge is 0.238 e. The molecule has 0 spiro atoms. The minimum absolute atomic E-state index is 0.390. The second-order valence-electron chi connectivity index (χ2n) is 1.44. The fraction of sp³-hybridized carbons (Fsp3) is 0.333. The second-order valence-corrected chi connectivity index (χ2v) is 2.88. The maximum absolute atomic E-state index is 12.2. The molecule has 9 heavy (non-hydrogen) atoms.